The van der Waals surface area contributed by atoms with Gasteiger partial charge in [0.05, 0.1) is 4.47 Å². The van der Waals surface area contributed by atoms with E-state index in [1.165, 1.54) is 11.5 Å². The maximum atomic E-state index is 10.6. The van der Waals surface area contributed by atoms with E-state index in [-0.39, 0.29) is 0 Å². The molecular weight excluding hydrogens is 304 g/mol. The highest BCUT2D eigenvalue weighted by atomic mass is 79.9. The number of benzene rings is 1. The van der Waals surface area contributed by atoms with Crippen LogP contribution in [0.2, 0.25) is 0 Å². The first-order valence-electron chi connectivity index (χ1n) is 4.98. The van der Waals surface area contributed by atoms with Crippen LogP contribution in [-0.4, -0.2) is 15.6 Å². The number of halogens is 1. The molecule has 4 nitrogen and oxygen atoms in total. The van der Waals surface area contributed by atoms with Crippen LogP contribution in [-0.2, 0) is 6.42 Å². The summed E-state index contributed by atoms with van der Waals surface area (Å²) in [4.78, 5) is 14.8. The molecule has 17 heavy (non-hydrogen) atoms. The summed E-state index contributed by atoms with van der Waals surface area (Å²) in [6.07, 6.45) is 1.57. The summed E-state index contributed by atoms with van der Waals surface area (Å²) in [5, 5.41) is 0.501. The molecule has 0 spiro atoms. The van der Waals surface area contributed by atoms with Crippen molar-refractivity contribution in [2.75, 3.05) is 0 Å². The van der Waals surface area contributed by atoms with Crippen LogP contribution in [0.25, 0.3) is 0 Å². The topological polar surface area (TPSA) is 52.1 Å². The number of ether oxygens (including phenoxy) is 1. The Balaban J connectivity index is 2.20. The summed E-state index contributed by atoms with van der Waals surface area (Å²) in [6, 6.07) is 5.11. The minimum atomic E-state index is 0.501. The van der Waals surface area contributed by atoms with Crippen LogP contribution in [0, 0.1) is 0 Å². The summed E-state index contributed by atoms with van der Waals surface area (Å²) < 4.78 is 10.4. The van der Waals surface area contributed by atoms with Crippen LogP contribution in [0.4, 0.5) is 0 Å². The van der Waals surface area contributed by atoms with Crippen LogP contribution < -0.4 is 4.74 Å². The zero-order chi connectivity index (χ0) is 12.3. The lowest BCUT2D eigenvalue weighted by molar-refractivity contribution is 0.112. The minimum absolute atomic E-state index is 0.501. The van der Waals surface area contributed by atoms with Gasteiger partial charge in [-0.05, 0) is 34.1 Å². The lowest BCUT2D eigenvalue weighted by Gasteiger charge is -2.03. The molecular formula is C11H9BrN2O2S. The molecule has 0 bridgehead atoms. The minimum Gasteiger partial charge on any atom is -0.429 e. The fourth-order valence-corrected chi connectivity index (χ4v) is 2.29. The third kappa shape index (κ3) is 2.89. The molecule has 0 unspecified atom stereocenters. The number of hydrogen-bond acceptors (Lipinski definition) is 5. The molecule has 0 N–H and O–H groups in total. The largest absolute Gasteiger partial charge is 0.429 e. The van der Waals surface area contributed by atoms with E-state index in [2.05, 4.69) is 25.3 Å². The Morgan fingerprint density at radius 1 is 1.53 bits per heavy atom. The van der Waals surface area contributed by atoms with Gasteiger partial charge in [-0.1, -0.05) is 6.92 Å². The van der Waals surface area contributed by atoms with Gasteiger partial charge in [-0.2, -0.15) is 9.36 Å². The van der Waals surface area contributed by atoms with E-state index in [0.29, 0.717) is 16.5 Å². The van der Waals surface area contributed by atoms with Gasteiger partial charge in [-0.25, -0.2) is 0 Å². The van der Waals surface area contributed by atoms with Gasteiger partial charge in [0.1, 0.15) is 17.9 Å². The number of carbonyl (C=O) groups excluding carboxylic acids is 1. The molecule has 6 heteroatoms. The maximum Gasteiger partial charge on any atom is 0.298 e. The molecule has 0 radical (unpaired) electrons. The van der Waals surface area contributed by atoms with Gasteiger partial charge in [0, 0.05) is 23.5 Å². The van der Waals surface area contributed by atoms with Crippen LogP contribution in [0.3, 0.4) is 0 Å². The normalized spacial score (nSPS) is 10.2. The third-order valence-electron chi connectivity index (χ3n) is 2.05. The molecule has 2 rings (SSSR count). The van der Waals surface area contributed by atoms with E-state index >= 15 is 0 Å². The van der Waals surface area contributed by atoms with E-state index in [1.807, 2.05) is 6.92 Å². The zero-order valence-electron chi connectivity index (χ0n) is 9.01. The number of carbonyl (C=O) groups is 1. The van der Waals surface area contributed by atoms with Gasteiger partial charge in [0.2, 0.25) is 0 Å². The van der Waals surface area contributed by atoms with Crippen molar-refractivity contribution in [2.24, 2.45) is 0 Å². The van der Waals surface area contributed by atoms with E-state index in [1.54, 1.807) is 18.2 Å². The number of hydrogen-bond donors (Lipinski definition) is 0. The molecule has 88 valence electrons. The molecule has 1 aromatic carbocycles. The molecule has 1 heterocycles. The predicted octanol–water partition coefficient (Wildman–Crippen LogP) is 3.47. The van der Waals surface area contributed by atoms with E-state index in [4.69, 9.17) is 4.74 Å². The molecule has 1 aromatic heterocycles. The van der Waals surface area contributed by atoms with Crippen molar-refractivity contribution in [3.05, 3.63) is 34.1 Å². The van der Waals surface area contributed by atoms with Crippen LogP contribution in [0.15, 0.2) is 22.7 Å². The highest BCUT2D eigenvalue weighted by molar-refractivity contribution is 9.10. The molecule has 0 aliphatic carbocycles. The van der Waals surface area contributed by atoms with E-state index in [0.717, 1.165) is 23.0 Å². The summed E-state index contributed by atoms with van der Waals surface area (Å²) in [7, 11) is 0. The highest BCUT2D eigenvalue weighted by Gasteiger charge is 2.08. The summed E-state index contributed by atoms with van der Waals surface area (Å²) in [5.41, 5.74) is 0.593. The van der Waals surface area contributed by atoms with Crippen molar-refractivity contribution in [2.45, 2.75) is 13.3 Å². The fraction of sp³-hybridized carbons (Fsp3) is 0.182. The van der Waals surface area contributed by atoms with Crippen molar-refractivity contribution >= 4 is 33.7 Å². The highest BCUT2D eigenvalue weighted by Crippen LogP contribution is 2.30. The number of nitrogens with zero attached hydrogens (tertiary/aromatic N) is 2. The summed E-state index contributed by atoms with van der Waals surface area (Å²) in [5.74, 6) is 1.39. The Kier molecular flexibility index (Phi) is 3.86. The molecule has 2 aromatic rings. The van der Waals surface area contributed by atoms with Crippen molar-refractivity contribution in [1.82, 2.24) is 9.36 Å². The Morgan fingerprint density at radius 3 is 2.94 bits per heavy atom. The number of aromatic nitrogens is 2. The van der Waals surface area contributed by atoms with Crippen LogP contribution >= 0.6 is 27.5 Å². The average molecular weight is 313 g/mol. The summed E-state index contributed by atoms with van der Waals surface area (Å²) >= 11 is 4.56. The smallest absolute Gasteiger partial charge is 0.298 e. The van der Waals surface area contributed by atoms with Gasteiger partial charge in [0.15, 0.2) is 0 Å². The Bertz CT molecular complexity index is 542. The van der Waals surface area contributed by atoms with Crippen molar-refractivity contribution < 1.29 is 9.53 Å². The molecule has 0 amide bonds. The predicted molar refractivity (Wildman–Crippen MR) is 68.9 cm³/mol. The molecule has 0 saturated heterocycles. The molecule has 0 fully saturated rings. The zero-order valence-corrected chi connectivity index (χ0v) is 11.4. The van der Waals surface area contributed by atoms with Gasteiger partial charge in [-0.3, -0.25) is 4.79 Å². The van der Waals surface area contributed by atoms with Crippen LogP contribution in [0.5, 0.6) is 10.9 Å². The van der Waals surface area contributed by atoms with Crippen molar-refractivity contribution in [1.29, 1.82) is 0 Å². The van der Waals surface area contributed by atoms with E-state index in [9.17, 15) is 4.79 Å². The standard InChI is InChI=1S/C11H9BrN2O2S/c1-2-10-13-11(17-14-10)16-9-4-3-7(6-15)5-8(9)12/h3-6H,2H2,1H3. The monoisotopic (exact) mass is 312 g/mol. The number of aryl methyl sites for hydroxylation is 1. The second-order valence-corrected chi connectivity index (χ2v) is 4.81. The van der Waals surface area contributed by atoms with Gasteiger partial charge in [-0.15, -0.1) is 0 Å². The van der Waals surface area contributed by atoms with Gasteiger partial charge in [0.25, 0.3) is 5.19 Å². The first-order chi connectivity index (χ1) is 8.22. The first kappa shape index (κ1) is 12.2. The number of rotatable bonds is 4. The quantitative estimate of drug-likeness (QED) is 0.811. The van der Waals surface area contributed by atoms with Crippen molar-refractivity contribution in [3.63, 3.8) is 0 Å². The number of aldehydes is 1. The fourth-order valence-electron chi connectivity index (χ4n) is 1.19. The summed E-state index contributed by atoms with van der Waals surface area (Å²) in [6.45, 7) is 1.99. The van der Waals surface area contributed by atoms with Crippen molar-refractivity contribution in [3.8, 4) is 10.9 Å². The van der Waals surface area contributed by atoms with E-state index < -0.39 is 0 Å². The third-order valence-corrected chi connectivity index (χ3v) is 3.31. The average Bonchev–Trinajstić information content (AvgIpc) is 2.79. The molecule has 0 aliphatic heterocycles. The Hall–Kier alpha value is -1.27. The Labute approximate surface area is 111 Å². The lowest BCUT2D eigenvalue weighted by atomic mass is 10.2. The Morgan fingerprint density at radius 2 is 2.35 bits per heavy atom. The second kappa shape index (κ2) is 5.37. The SMILES string of the molecule is CCc1nsc(Oc2ccc(C=O)cc2Br)n1. The van der Waals surface area contributed by atoms with Gasteiger partial charge < -0.3 is 4.74 Å². The van der Waals surface area contributed by atoms with Gasteiger partial charge >= 0.3 is 0 Å². The molecule has 0 atom stereocenters. The first-order valence-corrected chi connectivity index (χ1v) is 6.54. The van der Waals surface area contributed by atoms with Crippen LogP contribution in [0.1, 0.15) is 23.1 Å². The molecule has 0 aliphatic rings. The molecule has 0 saturated carbocycles. The second-order valence-electron chi connectivity index (χ2n) is 3.24. The lowest BCUT2D eigenvalue weighted by Crippen LogP contribution is -1.88. The maximum absolute atomic E-state index is 10.6.